The summed E-state index contributed by atoms with van der Waals surface area (Å²) < 4.78 is 14.2. The summed E-state index contributed by atoms with van der Waals surface area (Å²) in [4.78, 5) is 17.8. The van der Waals surface area contributed by atoms with Crippen LogP contribution in [-0.2, 0) is 6.42 Å². The van der Waals surface area contributed by atoms with Crippen molar-refractivity contribution >= 4 is 33.2 Å². The van der Waals surface area contributed by atoms with Gasteiger partial charge in [0.05, 0.1) is 5.69 Å². The Balaban J connectivity index is 1.63. The van der Waals surface area contributed by atoms with Gasteiger partial charge >= 0.3 is 0 Å². The fourth-order valence-electron chi connectivity index (χ4n) is 2.43. The lowest BCUT2D eigenvalue weighted by Gasteiger charge is -2.05. The number of carbonyl (C=O) groups is 1. The van der Waals surface area contributed by atoms with Crippen molar-refractivity contribution in [2.75, 3.05) is 6.54 Å². The molecule has 3 rings (SSSR count). The van der Waals surface area contributed by atoms with Gasteiger partial charge < -0.3 is 5.32 Å². The van der Waals surface area contributed by atoms with Crippen LogP contribution < -0.4 is 5.32 Å². The zero-order valence-corrected chi connectivity index (χ0v) is 16.0. The summed E-state index contributed by atoms with van der Waals surface area (Å²) in [6.45, 7) is 2.46. The lowest BCUT2D eigenvalue weighted by atomic mass is 10.2. The number of aromatic nitrogens is 1. The topological polar surface area (TPSA) is 42.0 Å². The van der Waals surface area contributed by atoms with Gasteiger partial charge in [0, 0.05) is 33.4 Å². The van der Waals surface area contributed by atoms with Crippen molar-refractivity contribution in [3.8, 4) is 10.6 Å². The van der Waals surface area contributed by atoms with Crippen LogP contribution in [0.2, 0.25) is 0 Å². The second-order valence-corrected chi connectivity index (χ2v) is 7.55. The Morgan fingerprint density at radius 3 is 2.80 bits per heavy atom. The van der Waals surface area contributed by atoms with Crippen LogP contribution >= 0.6 is 27.3 Å². The second-order valence-electron chi connectivity index (χ2n) is 5.55. The monoisotopic (exact) mass is 418 g/mol. The summed E-state index contributed by atoms with van der Waals surface area (Å²) in [6, 6.07) is 13.7. The fraction of sp³-hybridized carbons (Fsp3) is 0.158. The molecule has 2 aromatic carbocycles. The van der Waals surface area contributed by atoms with Crippen LogP contribution in [0.3, 0.4) is 0 Å². The first-order valence-electron chi connectivity index (χ1n) is 7.79. The predicted molar refractivity (Wildman–Crippen MR) is 102 cm³/mol. The quantitative estimate of drug-likeness (QED) is 0.633. The molecule has 1 heterocycles. The number of nitrogens with one attached hydrogen (secondary N) is 1. The number of rotatable bonds is 5. The second kappa shape index (κ2) is 7.89. The van der Waals surface area contributed by atoms with Gasteiger partial charge in [-0.3, -0.25) is 4.79 Å². The molecule has 6 heteroatoms. The van der Waals surface area contributed by atoms with E-state index in [0.717, 1.165) is 25.6 Å². The molecule has 1 N–H and O–H groups in total. The van der Waals surface area contributed by atoms with Gasteiger partial charge in [0.2, 0.25) is 0 Å². The number of aryl methyl sites for hydroxylation is 1. The minimum absolute atomic E-state index is 0.103. The molecule has 25 heavy (non-hydrogen) atoms. The minimum Gasteiger partial charge on any atom is -0.352 e. The van der Waals surface area contributed by atoms with E-state index in [9.17, 15) is 9.18 Å². The van der Waals surface area contributed by atoms with Gasteiger partial charge in [-0.1, -0.05) is 34.1 Å². The molecule has 0 saturated carbocycles. The van der Waals surface area contributed by atoms with E-state index in [4.69, 9.17) is 0 Å². The van der Waals surface area contributed by atoms with Crippen LogP contribution in [0, 0.1) is 12.7 Å². The molecule has 1 aromatic heterocycles. The van der Waals surface area contributed by atoms with E-state index in [1.807, 2.05) is 25.1 Å². The third-order valence-electron chi connectivity index (χ3n) is 3.69. The largest absolute Gasteiger partial charge is 0.352 e. The molecule has 0 unspecified atom stereocenters. The van der Waals surface area contributed by atoms with Crippen molar-refractivity contribution in [1.29, 1.82) is 0 Å². The van der Waals surface area contributed by atoms with Crippen molar-refractivity contribution in [1.82, 2.24) is 10.3 Å². The molecule has 0 aliphatic carbocycles. The highest BCUT2D eigenvalue weighted by Gasteiger charge is 2.11. The lowest BCUT2D eigenvalue weighted by Crippen LogP contribution is -2.25. The molecule has 1 amide bonds. The zero-order valence-electron chi connectivity index (χ0n) is 13.6. The minimum atomic E-state index is -0.270. The third kappa shape index (κ3) is 4.52. The highest BCUT2D eigenvalue weighted by Crippen LogP contribution is 2.28. The van der Waals surface area contributed by atoms with Crippen molar-refractivity contribution in [3.63, 3.8) is 0 Å². The van der Waals surface area contributed by atoms with Crippen LogP contribution in [-0.4, -0.2) is 17.4 Å². The molecule has 128 valence electrons. The van der Waals surface area contributed by atoms with Gasteiger partial charge in [-0.15, -0.1) is 11.3 Å². The Morgan fingerprint density at radius 1 is 1.24 bits per heavy atom. The summed E-state index contributed by atoms with van der Waals surface area (Å²) >= 11 is 4.90. The molecule has 0 fully saturated rings. The van der Waals surface area contributed by atoms with Gasteiger partial charge in [-0.25, -0.2) is 9.37 Å². The van der Waals surface area contributed by atoms with E-state index in [-0.39, 0.29) is 11.7 Å². The summed E-state index contributed by atoms with van der Waals surface area (Å²) in [7, 11) is 0. The summed E-state index contributed by atoms with van der Waals surface area (Å²) in [6.07, 6.45) is 0.693. The number of nitrogens with zero attached hydrogens (tertiary/aromatic N) is 1. The summed E-state index contributed by atoms with van der Waals surface area (Å²) in [5.41, 5.74) is 2.31. The van der Waals surface area contributed by atoms with Crippen LogP contribution in [0.15, 0.2) is 53.0 Å². The molecule has 0 spiro atoms. The lowest BCUT2D eigenvalue weighted by molar-refractivity contribution is 0.0954. The molecule has 0 aliphatic heterocycles. The number of benzene rings is 2. The molecular weight excluding hydrogens is 403 g/mol. The molecule has 0 atom stereocenters. The third-order valence-corrected chi connectivity index (χ3v) is 5.45. The Hall–Kier alpha value is -2.05. The maximum Gasteiger partial charge on any atom is 0.251 e. The molecular formula is C19H16BrFN2OS. The van der Waals surface area contributed by atoms with E-state index in [2.05, 4.69) is 26.2 Å². The number of hydrogen-bond acceptors (Lipinski definition) is 3. The van der Waals surface area contributed by atoms with Crippen molar-refractivity contribution < 1.29 is 9.18 Å². The SMILES string of the molecule is Cc1nc(-c2cccc(F)c2)sc1CCNC(=O)c1cccc(Br)c1. The van der Waals surface area contributed by atoms with E-state index < -0.39 is 0 Å². The average molecular weight is 419 g/mol. The maximum atomic E-state index is 13.4. The zero-order chi connectivity index (χ0) is 17.8. The number of hydrogen-bond donors (Lipinski definition) is 1. The molecule has 0 radical (unpaired) electrons. The first-order valence-corrected chi connectivity index (χ1v) is 9.40. The number of amides is 1. The van der Waals surface area contributed by atoms with Crippen LogP contribution in [0.4, 0.5) is 4.39 Å². The molecule has 0 saturated heterocycles. The Bertz CT molecular complexity index is 910. The molecule has 0 aliphatic rings. The van der Waals surface area contributed by atoms with Crippen molar-refractivity contribution in [3.05, 3.63) is 75.0 Å². The van der Waals surface area contributed by atoms with E-state index in [1.54, 1.807) is 18.2 Å². The Kier molecular flexibility index (Phi) is 5.60. The standard InChI is InChI=1S/C19H16BrFN2OS/c1-12-17(25-19(23-12)14-5-3-7-16(21)11-14)8-9-22-18(24)13-4-2-6-15(20)10-13/h2-7,10-11H,8-9H2,1H3,(H,22,24). The van der Waals surface area contributed by atoms with E-state index in [1.165, 1.54) is 23.5 Å². The number of thiazole rings is 1. The molecule has 3 aromatic rings. The van der Waals surface area contributed by atoms with E-state index >= 15 is 0 Å². The normalized spacial score (nSPS) is 10.7. The fourth-order valence-corrected chi connectivity index (χ4v) is 3.88. The summed E-state index contributed by atoms with van der Waals surface area (Å²) in [5, 5.41) is 3.72. The van der Waals surface area contributed by atoms with Crippen molar-refractivity contribution in [2.45, 2.75) is 13.3 Å². The van der Waals surface area contributed by atoms with Gasteiger partial charge in [0.1, 0.15) is 10.8 Å². The molecule has 0 bridgehead atoms. The van der Waals surface area contributed by atoms with Crippen molar-refractivity contribution in [2.24, 2.45) is 0 Å². The average Bonchev–Trinajstić information content (AvgIpc) is 2.96. The highest BCUT2D eigenvalue weighted by atomic mass is 79.9. The predicted octanol–water partition coefficient (Wildman–Crippen LogP) is 4.99. The van der Waals surface area contributed by atoms with Gasteiger partial charge in [-0.2, -0.15) is 0 Å². The first kappa shape index (κ1) is 17.8. The van der Waals surface area contributed by atoms with Gasteiger partial charge in [-0.05, 0) is 37.3 Å². The van der Waals surface area contributed by atoms with Crippen LogP contribution in [0.1, 0.15) is 20.9 Å². The number of carbonyl (C=O) groups excluding carboxylic acids is 1. The van der Waals surface area contributed by atoms with Gasteiger partial charge in [0.25, 0.3) is 5.91 Å². The first-order chi connectivity index (χ1) is 12.0. The Labute approximate surface area is 158 Å². The Morgan fingerprint density at radius 2 is 2.04 bits per heavy atom. The van der Waals surface area contributed by atoms with Crippen LogP contribution in [0.5, 0.6) is 0 Å². The molecule has 3 nitrogen and oxygen atoms in total. The van der Waals surface area contributed by atoms with Crippen LogP contribution in [0.25, 0.3) is 10.6 Å². The van der Waals surface area contributed by atoms with Gasteiger partial charge in [0.15, 0.2) is 0 Å². The maximum absolute atomic E-state index is 13.4. The van der Waals surface area contributed by atoms with E-state index in [0.29, 0.717) is 18.5 Å². The summed E-state index contributed by atoms with van der Waals surface area (Å²) in [5.74, 6) is -0.373. The number of halogens is 2. The smallest absolute Gasteiger partial charge is 0.251 e. The highest BCUT2D eigenvalue weighted by molar-refractivity contribution is 9.10.